The maximum absolute atomic E-state index is 13.5. The Balaban J connectivity index is 0.00000784. The Bertz CT molecular complexity index is 689. The normalized spacial score (nSPS) is 12.1. The molecule has 0 fully saturated rings. The van der Waals surface area contributed by atoms with Crippen LogP contribution in [0, 0.1) is 0 Å². The molecule has 0 radical (unpaired) electrons. The quantitative estimate of drug-likeness (QED) is 0.286. The summed E-state index contributed by atoms with van der Waals surface area (Å²) in [6.07, 6.45) is -3.71. The Morgan fingerprint density at radius 3 is 2.31 bits per heavy atom. The lowest BCUT2D eigenvalue weighted by Gasteiger charge is -2.23. The highest BCUT2D eigenvalue weighted by Gasteiger charge is 2.34. The van der Waals surface area contributed by atoms with E-state index in [0.717, 1.165) is 12.5 Å². The molecule has 1 aromatic rings. The molecule has 0 saturated heterocycles. The smallest absolute Gasteiger partial charge is 0.416 e. The largest absolute Gasteiger partial charge is 0.488 e. The molecule has 6 nitrogen and oxygen atoms in total. The van der Waals surface area contributed by atoms with E-state index in [-0.39, 0.29) is 60.2 Å². The summed E-state index contributed by atoms with van der Waals surface area (Å²) < 4.78 is 45.9. The van der Waals surface area contributed by atoms with Crippen molar-refractivity contribution in [1.82, 2.24) is 16.0 Å². The molecule has 10 heteroatoms. The molecule has 0 unspecified atom stereocenters. The molecule has 1 rings (SSSR count). The van der Waals surface area contributed by atoms with E-state index in [2.05, 4.69) is 20.9 Å². The number of halogens is 4. The number of aliphatic imine (C=N–C) groups is 1. The van der Waals surface area contributed by atoms with E-state index >= 15 is 0 Å². The van der Waals surface area contributed by atoms with Crippen molar-refractivity contribution in [3.05, 3.63) is 29.3 Å². The van der Waals surface area contributed by atoms with Crippen molar-refractivity contribution >= 4 is 35.8 Å². The number of hydrogen-bond acceptors (Lipinski definition) is 3. The SMILES string of the molecule is CCCNC(=O)CNC(=NC)NCc1ccc(OC(C)(C)C)cc1C(F)(F)F.I. The summed E-state index contributed by atoms with van der Waals surface area (Å²) in [4.78, 5) is 15.5. The summed E-state index contributed by atoms with van der Waals surface area (Å²) >= 11 is 0. The zero-order valence-electron chi connectivity index (χ0n) is 17.4. The van der Waals surface area contributed by atoms with Gasteiger partial charge in [-0.2, -0.15) is 13.2 Å². The summed E-state index contributed by atoms with van der Waals surface area (Å²) in [5, 5.41) is 8.26. The lowest BCUT2D eigenvalue weighted by atomic mass is 10.1. The molecule has 0 saturated carbocycles. The molecule has 0 spiro atoms. The molecule has 0 bridgehead atoms. The maximum Gasteiger partial charge on any atom is 0.416 e. The number of hydrogen-bond donors (Lipinski definition) is 3. The van der Waals surface area contributed by atoms with E-state index in [1.54, 1.807) is 20.8 Å². The first kappa shape index (κ1) is 27.3. The zero-order chi connectivity index (χ0) is 21.4. The number of benzene rings is 1. The Kier molecular flexibility index (Phi) is 11.4. The monoisotopic (exact) mass is 530 g/mol. The van der Waals surface area contributed by atoms with E-state index in [9.17, 15) is 18.0 Å². The van der Waals surface area contributed by atoms with Crippen molar-refractivity contribution in [1.29, 1.82) is 0 Å². The Labute approximate surface area is 187 Å². The average molecular weight is 530 g/mol. The molecule has 1 aromatic carbocycles. The highest BCUT2D eigenvalue weighted by Crippen LogP contribution is 2.35. The maximum atomic E-state index is 13.5. The summed E-state index contributed by atoms with van der Waals surface area (Å²) in [5.41, 5.74) is -1.34. The number of guanidine groups is 1. The van der Waals surface area contributed by atoms with E-state index in [1.165, 1.54) is 19.2 Å². The van der Waals surface area contributed by atoms with Gasteiger partial charge >= 0.3 is 6.18 Å². The number of rotatable bonds is 7. The van der Waals surface area contributed by atoms with Crippen LogP contribution in [0.15, 0.2) is 23.2 Å². The minimum atomic E-state index is -4.52. The zero-order valence-corrected chi connectivity index (χ0v) is 19.7. The molecule has 3 N–H and O–H groups in total. The number of nitrogens with zero attached hydrogens (tertiary/aromatic N) is 1. The van der Waals surface area contributed by atoms with Crippen LogP contribution in [0.2, 0.25) is 0 Å². The fourth-order valence-electron chi connectivity index (χ4n) is 2.28. The molecule has 0 aliphatic heterocycles. The molecule has 0 aliphatic rings. The lowest BCUT2D eigenvalue weighted by molar-refractivity contribution is -0.138. The minimum Gasteiger partial charge on any atom is -0.488 e. The fraction of sp³-hybridized carbons (Fsp3) is 0.579. The standard InChI is InChI=1S/C19H29F3N4O2.HI/c1-6-9-24-16(27)12-26-17(23-5)25-11-13-7-8-14(28-18(2,3)4)10-15(13)19(20,21)22;/h7-8,10H,6,9,11-12H2,1-5H3,(H,24,27)(H2,23,25,26);1H. The van der Waals surface area contributed by atoms with Gasteiger partial charge in [-0.15, -0.1) is 24.0 Å². The van der Waals surface area contributed by atoms with Crippen LogP contribution in [0.25, 0.3) is 0 Å². The number of nitrogens with one attached hydrogen (secondary N) is 3. The van der Waals surface area contributed by atoms with Gasteiger partial charge in [0.15, 0.2) is 5.96 Å². The van der Waals surface area contributed by atoms with Gasteiger partial charge in [-0.1, -0.05) is 13.0 Å². The van der Waals surface area contributed by atoms with Gasteiger partial charge in [0.2, 0.25) is 5.91 Å². The van der Waals surface area contributed by atoms with Gasteiger partial charge in [-0.25, -0.2) is 0 Å². The van der Waals surface area contributed by atoms with Gasteiger partial charge in [0.1, 0.15) is 11.4 Å². The van der Waals surface area contributed by atoms with Crippen LogP contribution >= 0.6 is 24.0 Å². The van der Waals surface area contributed by atoms with Crippen LogP contribution in [0.5, 0.6) is 5.75 Å². The highest BCUT2D eigenvalue weighted by molar-refractivity contribution is 14.0. The molecule has 1 amide bonds. The van der Waals surface area contributed by atoms with Crippen molar-refractivity contribution in [3.8, 4) is 5.75 Å². The van der Waals surface area contributed by atoms with Gasteiger partial charge in [0.05, 0.1) is 12.1 Å². The van der Waals surface area contributed by atoms with E-state index in [0.29, 0.717) is 6.54 Å². The topological polar surface area (TPSA) is 74.8 Å². The minimum absolute atomic E-state index is 0. The van der Waals surface area contributed by atoms with Crippen LogP contribution in [0.1, 0.15) is 45.2 Å². The second kappa shape index (κ2) is 12.1. The molecular formula is C19H30F3IN4O2. The molecule has 29 heavy (non-hydrogen) atoms. The number of carbonyl (C=O) groups excluding carboxylic acids is 1. The van der Waals surface area contributed by atoms with Crippen molar-refractivity contribution in [2.75, 3.05) is 20.1 Å². The van der Waals surface area contributed by atoms with E-state index in [4.69, 9.17) is 4.74 Å². The lowest BCUT2D eigenvalue weighted by Crippen LogP contribution is -2.43. The first-order valence-corrected chi connectivity index (χ1v) is 9.06. The second-order valence-corrected chi connectivity index (χ2v) is 7.16. The number of carbonyl (C=O) groups is 1. The first-order chi connectivity index (χ1) is 13.0. The van der Waals surface area contributed by atoms with Crippen molar-refractivity contribution < 1.29 is 22.7 Å². The van der Waals surface area contributed by atoms with Gasteiger partial charge in [0.25, 0.3) is 0 Å². The van der Waals surface area contributed by atoms with E-state index < -0.39 is 17.3 Å². The average Bonchev–Trinajstić information content (AvgIpc) is 2.58. The summed E-state index contributed by atoms with van der Waals surface area (Å²) in [5.74, 6) is 0.165. The van der Waals surface area contributed by atoms with Gasteiger partial charge < -0.3 is 20.7 Å². The summed E-state index contributed by atoms with van der Waals surface area (Å²) in [6, 6.07) is 3.88. The van der Waals surface area contributed by atoms with Crippen LogP contribution in [0.3, 0.4) is 0 Å². The summed E-state index contributed by atoms with van der Waals surface area (Å²) in [6.45, 7) is 7.66. The number of amides is 1. The molecule has 0 heterocycles. The number of alkyl halides is 3. The Morgan fingerprint density at radius 1 is 1.14 bits per heavy atom. The van der Waals surface area contributed by atoms with Crippen molar-refractivity contribution in [3.63, 3.8) is 0 Å². The molecular weight excluding hydrogens is 500 g/mol. The van der Waals surface area contributed by atoms with Crippen LogP contribution < -0.4 is 20.7 Å². The Hall–Kier alpha value is -1.72. The highest BCUT2D eigenvalue weighted by atomic mass is 127. The van der Waals surface area contributed by atoms with Gasteiger partial charge in [-0.3, -0.25) is 9.79 Å². The Morgan fingerprint density at radius 2 is 1.79 bits per heavy atom. The molecule has 0 aliphatic carbocycles. The van der Waals surface area contributed by atoms with E-state index in [1.807, 2.05) is 6.92 Å². The number of ether oxygens (including phenoxy) is 1. The third-order valence-corrected chi connectivity index (χ3v) is 3.47. The molecule has 0 atom stereocenters. The van der Waals surface area contributed by atoms with Gasteiger partial charge in [-0.05, 0) is 44.9 Å². The van der Waals surface area contributed by atoms with Gasteiger partial charge in [0, 0.05) is 20.1 Å². The predicted octanol–water partition coefficient (Wildman–Crippen LogP) is 3.69. The summed E-state index contributed by atoms with van der Waals surface area (Å²) in [7, 11) is 1.48. The predicted molar refractivity (Wildman–Crippen MR) is 119 cm³/mol. The van der Waals surface area contributed by atoms with Crippen LogP contribution in [0.4, 0.5) is 13.2 Å². The third kappa shape index (κ3) is 10.6. The second-order valence-electron chi connectivity index (χ2n) is 7.16. The molecule has 0 aromatic heterocycles. The third-order valence-electron chi connectivity index (χ3n) is 3.47. The van der Waals surface area contributed by atoms with Crippen molar-refractivity contribution in [2.45, 2.75) is 52.4 Å². The fourth-order valence-corrected chi connectivity index (χ4v) is 2.28. The molecule has 166 valence electrons. The van der Waals surface area contributed by atoms with Crippen LogP contribution in [-0.4, -0.2) is 37.6 Å². The van der Waals surface area contributed by atoms with Crippen LogP contribution in [-0.2, 0) is 17.5 Å². The first-order valence-electron chi connectivity index (χ1n) is 9.06. The van der Waals surface area contributed by atoms with Crippen molar-refractivity contribution in [2.24, 2.45) is 4.99 Å².